The molecule has 6 atom stereocenters. The van der Waals surface area contributed by atoms with Crippen LogP contribution in [0.5, 0.6) is 11.5 Å². The van der Waals surface area contributed by atoms with Crippen molar-refractivity contribution in [1.29, 1.82) is 5.26 Å². The van der Waals surface area contributed by atoms with Gasteiger partial charge in [0, 0.05) is 48.0 Å². The van der Waals surface area contributed by atoms with Gasteiger partial charge < -0.3 is 34.3 Å². The highest BCUT2D eigenvalue weighted by molar-refractivity contribution is 6.25. The molecule has 1 aromatic carbocycles. The van der Waals surface area contributed by atoms with Crippen LogP contribution in [-0.2, 0) is 35.0 Å². The first-order chi connectivity index (χ1) is 23.6. The lowest BCUT2D eigenvalue weighted by Crippen LogP contribution is -2.71. The van der Waals surface area contributed by atoms with Crippen LogP contribution >= 0.6 is 0 Å². The van der Waals surface area contributed by atoms with E-state index in [0.717, 1.165) is 16.7 Å². The fourth-order valence-corrected chi connectivity index (χ4v) is 7.95. The van der Waals surface area contributed by atoms with E-state index >= 15 is 0 Å². The lowest BCUT2D eigenvalue weighted by Gasteiger charge is -2.60. The average molecular weight is 694 g/mol. The van der Waals surface area contributed by atoms with Gasteiger partial charge in [0.15, 0.2) is 29.8 Å². The molecule has 50 heavy (non-hydrogen) atoms. The number of carbonyl (C=O) groups excluding carboxylic acids is 4. The molecule has 3 aliphatic heterocycles. The first-order valence-corrected chi connectivity index (χ1v) is 16.7. The van der Waals surface area contributed by atoms with Crippen LogP contribution in [0.1, 0.15) is 63.8 Å². The molecule has 0 saturated carbocycles. The summed E-state index contributed by atoms with van der Waals surface area (Å²) in [5.41, 5.74) is 2.68. The van der Waals surface area contributed by atoms with Crippen LogP contribution in [0.15, 0.2) is 28.5 Å². The van der Waals surface area contributed by atoms with E-state index < -0.39 is 53.6 Å². The van der Waals surface area contributed by atoms with Gasteiger partial charge in [0.1, 0.15) is 17.7 Å². The number of carbonyl (C=O) groups is 4. The van der Waals surface area contributed by atoms with Crippen molar-refractivity contribution in [3.8, 4) is 17.6 Å². The predicted octanol–water partition coefficient (Wildman–Crippen LogP) is 2.63. The number of methoxy groups -OCH3 is 3. The molecule has 1 fully saturated rings. The first kappa shape index (κ1) is 36.8. The number of ketones is 2. The van der Waals surface area contributed by atoms with Gasteiger partial charge in [-0.25, -0.2) is 4.79 Å². The molecule has 0 spiro atoms. The molecule has 14 heteroatoms. The Bertz CT molecular complexity index is 1700. The number of rotatable bonds is 9. The SMILES string of the molecule is COCOc1c(OC)c(C)cc2c1[C@@H]1C3CC4=C(C(=O)C(OC)=C(C)C4=O)[C@H](CNC(=O)C(C)NC(=O)OC(C)(C)C)N3C(C#N)[C@H](C2)N1C. The van der Waals surface area contributed by atoms with Crippen molar-refractivity contribution in [3.63, 3.8) is 0 Å². The van der Waals surface area contributed by atoms with E-state index in [0.29, 0.717) is 23.5 Å². The van der Waals surface area contributed by atoms with E-state index in [1.165, 1.54) is 21.1 Å². The zero-order valence-corrected chi connectivity index (χ0v) is 30.4. The molecule has 3 unspecified atom stereocenters. The maximum Gasteiger partial charge on any atom is 0.408 e. The monoisotopic (exact) mass is 693 g/mol. The van der Waals surface area contributed by atoms with E-state index in [4.69, 9.17) is 23.7 Å². The Morgan fingerprint density at radius 1 is 1.06 bits per heavy atom. The number of hydrogen-bond donors (Lipinski definition) is 2. The fraction of sp³-hybridized carbons (Fsp3) is 0.583. The second-order valence-corrected chi connectivity index (χ2v) is 14.2. The van der Waals surface area contributed by atoms with Gasteiger partial charge in [-0.2, -0.15) is 5.26 Å². The third-order valence-corrected chi connectivity index (χ3v) is 9.96. The zero-order valence-electron chi connectivity index (χ0n) is 30.4. The van der Waals surface area contributed by atoms with E-state index in [-0.39, 0.29) is 48.5 Å². The van der Waals surface area contributed by atoms with Crippen molar-refractivity contribution < 1.29 is 42.9 Å². The largest absolute Gasteiger partial charge is 0.493 e. The second-order valence-electron chi connectivity index (χ2n) is 14.2. The zero-order chi connectivity index (χ0) is 36.8. The molecular weight excluding hydrogens is 646 g/mol. The number of alkyl carbamates (subject to hydrolysis) is 1. The number of Topliss-reactive ketones (excluding diaryl/α,β-unsaturated/α-hetero) is 2. The molecule has 2 N–H and O–H groups in total. The van der Waals surface area contributed by atoms with Crippen molar-refractivity contribution >= 4 is 23.6 Å². The summed E-state index contributed by atoms with van der Waals surface area (Å²) in [6.07, 6.45) is -0.0997. The number of ether oxygens (including phenoxy) is 5. The number of nitriles is 1. The van der Waals surface area contributed by atoms with Crippen molar-refractivity contribution in [3.05, 3.63) is 45.2 Å². The number of hydrogen-bond acceptors (Lipinski definition) is 12. The average Bonchev–Trinajstić information content (AvgIpc) is 3.04. The van der Waals surface area contributed by atoms with Crippen LogP contribution in [0, 0.1) is 18.3 Å². The van der Waals surface area contributed by atoms with Crippen LogP contribution in [0.25, 0.3) is 0 Å². The number of amides is 2. The van der Waals surface area contributed by atoms with Crippen molar-refractivity contribution in [1.82, 2.24) is 20.4 Å². The fourth-order valence-electron chi connectivity index (χ4n) is 7.95. The highest BCUT2D eigenvalue weighted by Crippen LogP contribution is 2.54. The smallest absolute Gasteiger partial charge is 0.408 e. The number of aryl methyl sites for hydroxylation is 1. The number of allylic oxidation sites excluding steroid dienone is 2. The molecule has 2 bridgehead atoms. The summed E-state index contributed by atoms with van der Waals surface area (Å²) in [5.74, 6) is -0.298. The minimum Gasteiger partial charge on any atom is -0.493 e. The molecule has 270 valence electrons. The van der Waals surface area contributed by atoms with Gasteiger partial charge in [0.05, 0.1) is 32.4 Å². The highest BCUT2D eigenvalue weighted by Gasteiger charge is 2.58. The molecule has 1 aromatic rings. The molecule has 5 rings (SSSR count). The van der Waals surface area contributed by atoms with Crippen LogP contribution in [0.2, 0.25) is 0 Å². The maximum absolute atomic E-state index is 14.1. The summed E-state index contributed by atoms with van der Waals surface area (Å²) in [7, 11) is 6.41. The third-order valence-electron chi connectivity index (χ3n) is 9.96. The van der Waals surface area contributed by atoms with E-state index in [9.17, 15) is 24.4 Å². The Hall–Kier alpha value is -4.45. The second kappa shape index (κ2) is 14.0. The molecular formula is C36H47N5O9. The number of piperazine rings is 1. The van der Waals surface area contributed by atoms with E-state index in [2.05, 4.69) is 27.7 Å². The maximum atomic E-state index is 14.1. The quantitative estimate of drug-likeness (QED) is 0.287. The van der Waals surface area contributed by atoms with Gasteiger partial charge in [0.2, 0.25) is 11.7 Å². The summed E-state index contributed by atoms with van der Waals surface area (Å²) in [4.78, 5) is 58.1. The van der Waals surface area contributed by atoms with Crippen LogP contribution in [-0.4, -0.2) is 111 Å². The first-order valence-electron chi connectivity index (χ1n) is 16.7. The van der Waals surface area contributed by atoms with E-state index in [1.54, 1.807) is 34.8 Å². The summed E-state index contributed by atoms with van der Waals surface area (Å²) in [5, 5.41) is 16.2. The molecule has 0 radical (unpaired) electrons. The van der Waals surface area contributed by atoms with Crippen molar-refractivity contribution in [2.24, 2.45) is 0 Å². The normalized spacial score (nSPS) is 25.5. The summed E-state index contributed by atoms with van der Waals surface area (Å²) in [6, 6.07) is 0.775. The van der Waals surface area contributed by atoms with Gasteiger partial charge in [-0.15, -0.1) is 0 Å². The summed E-state index contributed by atoms with van der Waals surface area (Å²) >= 11 is 0. The number of nitrogens with one attached hydrogen (secondary N) is 2. The molecule has 1 saturated heterocycles. The van der Waals surface area contributed by atoms with Gasteiger partial charge in [-0.1, -0.05) is 6.07 Å². The minimum absolute atomic E-state index is 0.0302. The summed E-state index contributed by atoms with van der Waals surface area (Å²) in [6.45, 7) is 10.0. The predicted molar refractivity (Wildman–Crippen MR) is 180 cm³/mol. The molecule has 14 nitrogen and oxygen atoms in total. The van der Waals surface area contributed by atoms with Crippen molar-refractivity contribution in [2.45, 2.75) is 96.2 Å². The molecule has 0 aromatic heterocycles. The Morgan fingerprint density at radius 2 is 1.76 bits per heavy atom. The van der Waals surface area contributed by atoms with Gasteiger partial charge in [-0.3, -0.25) is 24.2 Å². The number of nitrogens with zero attached hydrogens (tertiary/aromatic N) is 3. The van der Waals surface area contributed by atoms with Crippen LogP contribution in [0.3, 0.4) is 0 Å². The van der Waals surface area contributed by atoms with Crippen LogP contribution < -0.4 is 20.1 Å². The number of benzene rings is 1. The molecule has 4 aliphatic rings. The lowest BCUT2D eigenvalue weighted by molar-refractivity contribution is -0.125. The van der Waals surface area contributed by atoms with Crippen LogP contribution in [0.4, 0.5) is 4.79 Å². The van der Waals surface area contributed by atoms with E-state index in [1.807, 2.05) is 18.9 Å². The minimum atomic E-state index is -0.986. The summed E-state index contributed by atoms with van der Waals surface area (Å²) < 4.78 is 28.1. The lowest BCUT2D eigenvalue weighted by atomic mass is 9.69. The molecule has 1 aliphatic carbocycles. The van der Waals surface area contributed by atoms with Crippen molar-refractivity contribution in [2.75, 3.05) is 41.7 Å². The highest BCUT2D eigenvalue weighted by atomic mass is 16.7. The number of fused-ring (bicyclic) bond motifs is 6. The van der Waals surface area contributed by atoms with Gasteiger partial charge in [0.25, 0.3) is 0 Å². The Balaban J connectivity index is 1.62. The molecule has 3 heterocycles. The van der Waals surface area contributed by atoms with Gasteiger partial charge in [-0.05, 0) is 72.6 Å². The standard InChI is InChI=1S/C36H47N5O9/c1-17-11-20-12-22-24(14-37)41-23(28(40(22)7)26(20)33(31(17)47-9)49-16-46-8)13-21-27(30(43)32(48-10)18(2)29(21)42)25(41)15-38-34(44)19(3)39-35(45)50-36(4,5)6/h11,19,22-25,28H,12-13,15-16H2,1-10H3,(H,38,44)(H,39,45)/t19?,22-,23?,24?,25-,28-/m0/s1. The third kappa shape index (κ3) is 6.34. The Kier molecular flexibility index (Phi) is 10.3. The number of likely N-dealkylation sites (N-methyl/N-ethyl adjacent to an activating group) is 1. The topological polar surface area (TPSA) is 169 Å². The Morgan fingerprint density at radius 3 is 2.36 bits per heavy atom. The Labute approximate surface area is 292 Å². The van der Waals surface area contributed by atoms with Gasteiger partial charge >= 0.3 is 6.09 Å². The molecule has 2 amide bonds.